The summed E-state index contributed by atoms with van der Waals surface area (Å²) in [4.78, 5) is 4.82. The lowest BCUT2D eigenvalue weighted by molar-refractivity contribution is 1.30. The van der Waals surface area contributed by atoms with Crippen LogP contribution in [-0.4, -0.2) is 8.07 Å². The third-order valence-corrected chi connectivity index (χ3v) is 14.7. The molecule has 0 radical (unpaired) electrons. The highest BCUT2D eigenvalue weighted by atomic mass is 28.3. The molecule has 0 fully saturated rings. The van der Waals surface area contributed by atoms with Crippen LogP contribution in [0, 0.1) is 11.3 Å². The lowest BCUT2D eigenvalue weighted by Crippen LogP contribution is -2.50. The predicted octanol–water partition coefficient (Wildman–Crippen LogP) is 12.2. The summed E-state index contributed by atoms with van der Waals surface area (Å²) in [5.74, 6) is 0. The van der Waals surface area contributed by atoms with Crippen LogP contribution < -0.4 is 20.2 Å². The molecule has 0 amide bonds. The van der Waals surface area contributed by atoms with Crippen LogP contribution in [0.25, 0.3) is 43.4 Å². The molecule has 0 bridgehead atoms. The fourth-order valence-electron chi connectivity index (χ4n) is 8.84. The van der Waals surface area contributed by atoms with E-state index in [1.54, 1.807) is 0 Å². The number of nitrogens with zero attached hydrogens (tertiary/aromatic N) is 3. The van der Waals surface area contributed by atoms with Gasteiger partial charge in [-0.25, -0.2) is 0 Å². The van der Waals surface area contributed by atoms with Crippen molar-refractivity contribution in [3.63, 3.8) is 0 Å². The largest absolute Gasteiger partial charge is 0.310 e. The quantitative estimate of drug-likeness (QED) is 0.128. The Morgan fingerprint density at radius 2 is 0.943 bits per heavy atom. The van der Waals surface area contributed by atoms with Crippen LogP contribution >= 0.6 is 0 Å². The second-order valence-corrected chi connectivity index (χ2v) is 18.8. The Morgan fingerprint density at radius 3 is 1.55 bits per heavy atom. The highest BCUT2D eigenvalue weighted by Crippen LogP contribution is 2.48. The van der Waals surface area contributed by atoms with E-state index in [1.807, 2.05) is 12.1 Å². The summed E-state index contributed by atoms with van der Waals surface area (Å²) >= 11 is 0. The van der Waals surface area contributed by atoms with Gasteiger partial charge in [0.25, 0.3) is 0 Å². The molecule has 0 aromatic heterocycles. The maximum absolute atomic E-state index is 9.74. The summed E-state index contributed by atoms with van der Waals surface area (Å²) in [6.45, 7) is 4.96. The van der Waals surface area contributed by atoms with Gasteiger partial charge in [-0.3, -0.25) is 0 Å². The second-order valence-electron chi connectivity index (χ2n) is 14.5. The molecular formula is C49H35N3Si. The van der Waals surface area contributed by atoms with Crippen LogP contribution in [-0.2, 0) is 0 Å². The third kappa shape index (κ3) is 4.72. The van der Waals surface area contributed by atoms with Gasteiger partial charge in [0.05, 0.1) is 23.0 Å². The first kappa shape index (κ1) is 31.1. The van der Waals surface area contributed by atoms with Gasteiger partial charge in [-0.2, -0.15) is 5.26 Å². The third-order valence-electron chi connectivity index (χ3n) is 11.2. The molecular weight excluding hydrogens is 659 g/mol. The Hall–Kier alpha value is -6.67. The van der Waals surface area contributed by atoms with E-state index in [4.69, 9.17) is 0 Å². The minimum absolute atomic E-state index is 0.651. The van der Waals surface area contributed by atoms with E-state index in [-0.39, 0.29) is 0 Å². The van der Waals surface area contributed by atoms with Gasteiger partial charge in [-0.1, -0.05) is 122 Å². The van der Waals surface area contributed by atoms with Gasteiger partial charge in [0.15, 0.2) is 0 Å². The summed E-state index contributed by atoms with van der Waals surface area (Å²) in [5, 5.41) is 20.0. The van der Waals surface area contributed by atoms with Gasteiger partial charge in [-0.15, -0.1) is 0 Å². The SMILES string of the molecule is C[Si]1(C)c2ccccc2-c2cccc(N(c3ccc(C#N)cc3)c3ccc4ccc5c(N(c6ccccc6)c6ccccc6)ccc6ccc3c4c65)c21. The number of fused-ring (bicyclic) bond motifs is 3. The van der Waals surface area contributed by atoms with Gasteiger partial charge in [-0.05, 0) is 110 Å². The average molecular weight is 694 g/mol. The number of para-hydroxylation sites is 2. The summed E-state index contributed by atoms with van der Waals surface area (Å²) in [6.07, 6.45) is 0. The van der Waals surface area contributed by atoms with Crippen molar-refractivity contribution in [2.24, 2.45) is 0 Å². The van der Waals surface area contributed by atoms with Crippen molar-refractivity contribution in [1.82, 2.24) is 0 Å². The first-order valence-corrected chi connectivity index (χ1v) is 21.2. The second kappa shape index (κ2) is 12.0. The molecule has 0 spiro atoms. The van der Waals surface area contributed by atoms with Crippen molar-refractivity contribution in [2.75, 3.05) is 9.80 Å². The van der Waals surface area contributed by atoms with Gasteiger partial charge >= 0.3 is 0 Å². The molecule has 3 nitrogen and oxygen atoms in total. The van der Waals surface area contributed by atoms with Crippen molar-refractivity contribution < 1.29 is 0 Å². The molecule has 10 rings (SSSR count). The van der Waals surface area contributed by atoms with Crippen LogP contribution in [0.5, 0.6) is 0 Å². The Bertz CT molecular complexity index is 2830. The van der Waals surface area contributed by atoms with E-state index in [2.05, 4.69) is 193 Å². The Labute approximate surface area is 310 Å². The lowest BCUT2D eigenvalue weighted by Gasteiger charge is -2.32. The molecule has 0 saturated heterocycles. The van der Waals surface area contributed by atoms with Crippen molar-refractivity contribution in [3.8, 4) is 17.2 Å². The maximum Gasteiger partial charge on any atom is 0.116 e. The molecule has 1 aliphatic heterocycles. The minimum atomic E-state index is -2.09. The Morgan fingerprint density at radius 1 is 0.434 bits per heavy atom. The molecule has 9 aromatic carbocycles. The van der Waals surface area contributed by atoms with Gasteiger partial charge < -0.3 is 9.80 Å². The van der Waals surface area contributed by atoms with Crippen molar-refractivity contribution in [1.29, 1.82) is 5.26 Å². The number of hydrogen-bond acceptors (Lipinski definition) is 3. The zero-order valence-corrected chi connectivity index (χ0v) is 30.6. The fourth-order valence-corrected chi connectivity index (χ4v) is 12.2. The number of anilines is 6. The van der Waals surface area contributed by atoms with Crippen molar-refractivity contribution >= 4 is 84.9 Å². The Balaban J connectivity index is 1.25. The summed E-state index contributed by atoms with van der Waals surface area (Å²) in [5.41, 5.74) is 10.1. The molecule has 4 heteroatoms. The first-order valence-electron chi connectivity index (χ1n) is 18.2. The smallest absolute Gasteiger partial charge is 0.116 e. The van der Waals surface area contributed by atoms with Crippen molar-refractivity contribution in [3.05, 3.63) is 181 Å². The molecule has 0 aliphatic carbocycles. The number of hydrogen-bond donors (Lipinski definition) is 0. The molecule has 53 heavy (non-hydrogen) atoms. The molecule has 1 heterocycles. The van der Waals surface area contributed by atoms with Crippen LogP contribution in [0.4, 0.5) is 34.1 Å². The lowest BCUT2D eigenvalue weighted by atomic mass is 9.91. The molecule has 0 saturated carbocycles. The van der Waals surface area contributed by atoms with Gasteiger partial charge in [0.2, 0.25) is 0 Å². The zero-order valence-electron chi connectivity index (χ0n) is 29.6. The van der Waals surface area contributed by atoms with Gasteiger partial charge in [0.1, 0.15) is 8.07 Å². The molecule has 0 unspecified atom stereocenters. The molecule has 1 aliphatic rings. The highest BCUT2D eigenvalue weighted by molar-refractivity contribution is 7.04. The van der Waals surface area contributed by atoms with E-state index in [9.17, 15) is 5.26 Å². The summed E-state index contributed by atoms with van der Waals surface area (Å²) in [6, 6.07) is 65.7. The average Bonchev–Trinajstić information content (AvgIpc) is 3.45. The standard InChI is InChI=1S/C49H35N3Si/c1-53(2)46-19-10-9-16-39(46)40-17-11-18-45(49(40)53)52(38-26-20-33(32-50)21-27-38)44-31-25-35-22-28-41-43(30-24-34-23-29-42(44)48(35)47(34)41)51(36-12-5-3-6-13-36)37-14-7-4-8-15-37/h3-31H,1-2H3. The first-order chi connectivity index (χ1) is 26.0. The summed E-state index contributed by atoms with van der Waals surface area (Å²) in [7, 11) is -2.09. The van der Waals surface area contributed by atoms with Crippen LogP contribution in [0.1, 0.15) is 5.56 Å². The van der Waals surface area contributed by atoms with Crippen LogP contribution in [0.2, 0.25) is 13.1 Å². The normalized spacial score (nSPS) is 12.8. The number of rotatable bonds is 6. The predicted molar refractivity (Wildman–Crippen MR) is 226 cm³/mol. The highest BCUT2D eigenvalue weighted by Gasteiger charge is 2.40. The minimum Gasteiger partial charge on any atom is -0.310 e. The van der Waals surface area contributed by atoms with Crippen LogP contribution in [0.3, 0.4) is 0 Å². The molecule has 250 valence electrons. The number of benzene rings is 9. The van der Waals surface area contributed by atoms with Crippen molar-refractivity contribution in [2.45, 2.75) is 13.1 Å². The van der Waals surface area contributed by atoms with E-state index in [1.165, 1.54) is 59.5 Å². The van der Waals surface area contributed by atoms with E-state index >= 15 is 0 Å². The Kier molecular flexibility index (Phi) is 7.01. The van der Waals surface area contributed by atoms with Crippen LogP contribution in [0.15, 0.2) is 176 Å². The zero-order chi connectivity index (χ0) is 35.7. The summed E-state index contributed by atoms with van der Waals surface area (Å²) < 4.78 is 0. The van der Waals surface area contributed by atoms with E-state index < -0.39 is 8.07 Å². The molecule has 9 aromatic rings. The van der Waals surface area contributed by atoms with E-state index in [0.29, 0.717) is 5.56 Å². The topological polar surface area (TPSA) is 30.3 Å². The molecule has 0 N–H and O–H groups in total. The van der Waals surface area contributed by atoms with Gasteiger partial charge in [0, 0.05) is 33.5 Å². The monoisotopic (exact) mass is 693 g/mol. The number of nitriles is 1. The molecule has 0 atom stereocenters. The maximum atomic E-state index is 9.74. The fraction of sp³-hybridized carbons (Fsp3) is 0.0408. The van der Waals surface area contributed by atoms with E-state index in [0.717, 1.165) is 28.4 Å².